The number of fused-ring (bicyclic) bond motifs is 1. The molecule has 2 heterocycles. The molecule has 0 fully saturated rings. The van der Waals surface area contributed by atoms with Crippen LogP contribution in [0.4, 0.5) is 10.1 Å². The minimum Gasteiger partial charge on any atom is -0.322 e. The number of halogens is 2. The molecule has 8 heteroatoms. The Morgan fingerprint density at radius 2 is 2.13 bits per heavy atom. The third kappa shape index (κ3) is 2.70. The van der Waals surface area contributed by atoms with Crippen LogP contribution in [0, 0.1) is 12.7 Å². The van der Waals surface area contributed by atoms with Crippen LogP contribution in [0.15, 0.2) is 29.1 Å². The van der Waals surface area contributed by atoms with Crippen LogP contribution in [0.2, 0.25) is 5.02 Å². The van der Waals surface area contributed by atoms with Crippen molar-refractivity contribution in [2.75, 3.05) is 5.32 Å². The van der Waals surface area contributed by atoms with Crippen molar-refractivity contribution in [3.05, 3.63) is 56.7 Å². The summed E-state index contributed by atoms with van der Waals surface area (Å²) in [6.45, 7) is 1.72. The maximum absolute atomic E-state index is 13.2. The number of amides is 1. The second-order valence-electron chi connectivity index (χ2n) is 5.09. The number of hydrogen-bond donors (Lipinski definition) is 2. The molecule has 0 aliphatic heterocycles. The Labute approximate surface area is 134 Å². The lowest BCUT2D eigenvalue weighted by Gasteiger charge is -2.07. The number of carbonyl (C=O) groups is 1. The molecule has 0 bridgehead atoms. The van der Waals surface area contributed by atoms with Gasteiger partial charge in [-0.1, -0.05) is 11.6 Å². The molecule has 6 nitrogen and oxygen atoms in total. The number of aromatic amines is 1. The number of pyridine rings is 1. The number of benzene rings is 1. The zero-order chi connectivity index (χ0) is 16.7. The van der Waals surface area contributed by atoms with Gasteiger partial charge in [-0.25, -0.2) is 9.37 Å². The summed E-state index contributed by atoms with van der Waals surface area (Å²) in [6.07, 6.45) is 0. The van der Waals surface area contributed by atoms with Crippen LogP contribution in [0.3, 0.4) is 0 Å². The van der Waals surface area contributed by atoms with Gasteiger partial charge in [-0.3, -0.25) is 19.4 Å². The molecule has 23 heavy (non-hydrogen) atoms. The van der Waals surface area contributed by atoms with Crippen LogP contribution in [-0.2, 0) is 7.05 Å². The average molecular weight is 335 g/mol. The lowest BCUT2D eigenvalue weighted by molar-refractivity contribution is 0.102. The van der Waals surface area contributed by atoms with Crippen molar-refractivity contribution >= 4 is 34.2 Å². The van der Waals surface area contributed by atoms with Gasteiger partial charge in [0, 0.05) is 18.4 Å². The zero-order valence-corrected chi connectivity index (χ0v) is 13.0. The van der Waals surface area contributed by atoms with Crippen molar-refractivity contribution in [1.82, 2.24) is 14.8 Å². The van der Waals surface area contributed by atoms with E-state index in [1.165, 1.54) is 22.9 Å². The second kappa shape index (κ2) is 5.51. The molecule has 0 aliphatic carbocycles. The van der Waals surface area contributed by atoms with Gasteiger partial charge in [0.25, 0.3) is 11.5 Å². The Hall–Kier alpha value is -2.67. The molecular formula is C15H12ClFN4O2. The Kier molecular flexibility index (Phi) is 3.65. The number of nitrogens with zero attached hydrogens (tertiary/aromatic N) is 2. The van der Waals surface area contributed by atoms with Crippen molar-refractivity contribution in [2.24, 2.45) is 7.05 Å². The van der Waals surface area contributed by atoms with E-state index in [-0.39, 0.29) is 16.0 Å². The van der Waals surface area contributed by atoms with E-state index in [2.05, 4.69) is 15.4 Å². The van der Waals surface area contributed by atoms with Gasteiger partial charge in [0.15, 0.2) is 5.65 Å². The van der Waals surface area contributed by atoms with Crippen molar-refractivity contribution in [3.63, 3.8) is 0 Å². The number of H-pyrrole nitrogens is 1. The molecule has 3 rings (SSSR count). The fraction of sp³-hybridized carbons (Fsp3) is 0.133. The molecule has 2 N–H and O–H groups in total. The summed E-state index contributed by atoms with van der Waals surface area (Å²) in [5.41, 5.74) is 1.09. The van der Waals surface area contributed by atoms with Crippen molar-refractivity contribution in [3.8, 4) is 0 Å². The highest BCUT2D eigenvalue weighted by atomic mass is 35.5. The van der Waals surface area contributed by atoms with Gasteiger partial charge in [0.1, 0.15) is 5.82 Å². The number of anilines is 1. The summed E-state index contributed by atoms with van der Waals surface area (Å²) in [5, 5.41) is 5.27. The van der Waals surface area contributed by atoms with Crippen LogP contribution in [0.1, 0.15) is 16.1 Å². The smallest absolute Gasteiger partial charge is 0.274 e. The summed E-state index contributed by atoms with van der Waals surface area (Å²) in [7, 11) is 1.64. The number of aromatic nitrogens is 3. The number of aryl methyl sites for hydroxylation is 2. The van der Waals surface area contributed by atoms with Crippen LogP contribution >= 0.6 is 11.6 Å². The molecule has 118 valence electrons. The molecule has 1 amide bonds. The first-order valence-corrected chi connectivity index (χ1v) is 7.07. The van der Waals surface area contributed by atoms with Gasteiger partial charge in [0.05, 0.1) is 16.0 Å². The monoisotopic (exact) mass is 334 g/mol. The highest BCUT2D eigenvalue weighted by Crippen LogP contribution is 2.21. The molecule has 2 aromatic heterocycles. The van der Waals surface area contributed by atoms with E-state index < -0.39 is 17.3 Å². The topological polar surface area (TPSA) is 79.8 Å². The quantitative estimate of drug-likeness (QED) is 0.756. The first-order valence-electron chi connectivity index (χ1n) is 6.69. The average Bonchev–Trinajstić information content (AvgIpc) is 2.77. The van der Waals surface area contributed by atoms with Crippen molar-refractivity contribution in [1.29, 1.82) is 0 Å². The maximum atomic E-state index is 13.2. The van der Waals surface area contributed by atoms with E-state index in [1.54, 1.807) is 14.0 Å². The summed E-state index contributed by atoms with van der Waals surface area (Å²) >= 11 is 5.70. The predicted octanol–water partition coefficient (Wildman–Crippen LogP) is 2.61. The van der Waals surface area contributed by atoms with Crippen LogP contribution < -0.4 is 10.9 Å². The van der Waals surface area contributed by atoms with E-state index in [1.807, 2.05) is 0 Å². The minimum absolute atomic E-state index is 0.101. The fourth-order valence-corrected chi connectivity index (χ4v) is 2.52. The Bertz CT molecular complexity index is 993. The van der Waals surface area contributed by atoms with Crippen molar-refractivity contribution in [2.45, 2.75) is 6.92 Å². The molecule has 3 aromatic rings. The molecule has 0 atom stereocenters. The lowest BCUT2D eigenvalue weighted by atomic mass is 10.1. The van der Waals surface area contributed by atoms with Gasteiger partial charge in [-0.15, -0.1) is 0 Å². The van der Waals surface area contributed by atoms with E-state index in [0.29, 0.717) is 17.0 Å². The first kappa shape index (κ1) is 15.2. The van der Waals surface area contributed by atoms with Gasteiger partial charge < -0.3 is 5.32 Å². The minimum atomic E-state index is -0.577. The summed E-state index contributed by atoms with van der Waals surface area (Å²) in [5.74, 6) is -1.08. The third-order valence-electron chi connectivity index (χ3n) is 3.36. The SMILES string of the molecule is Cc1cc(C(=O)Nc2ccc(F)c(Cl)c2)c2c(=O)[nH]n(C)c2n1. The molecule has 0 saturated heterocycles. The third-order valence-corrected chi connectivity index (χ3v) is 3.65. The number of carbonyl (C=O) groups excluding carboxylic acids is 1. The number of hydrogen-bond acceptors (Lipinski definition) is 3. The fourth-order valence-electron chi connectivity index (χ4n) is 2.34. The van der Waals surface area contributed by atoms with Crippen LogP contribution in [0.5, 0.6) is 0 Å². The highest BCUT2D eigenvalue weighted by molar-refractivity contribution is 6.31. The molecule has 0 saturated carbocycles. The number of nitrogens with one attached hydrogen (secondary N) is 2. The summed E-state index contributed by atoms with van der Waals surface area (Å²) in [4.78, 5) is 28.8. The highest BCUT2D eigenvalue weighted by Gasteiger charge is 2.18. The maximum Gasteiger partial charge on any atom is 0.274 e. The second-order valence-corrected chi connectivity index (χ2v) is 5.50. The molecular weight excluding hydrogens is 323 g/mol. The van der Waals surface area contributed by atoms with Crippen molar-refractivity contribution < 1.29 is 9.18 Å². The number of rotatable bonds is 2. The van der Waals surface area contributed by atoms with Crippen LogP contribution in [0.25, 0.3) is 11.0 Å². The first-order chi connectivity index (χ1) is 10.9. The van der Waals surface area contributed by atoms with Crippen LogP contribution in [-0.4, -0.2) is 20.7 Å². The zero-order valence-electron chi connectivity index (χ0n) is 12.3. The van der Waals surface area contributed by atoms with E-state index in [9.17, 15) is 14.0 Å². The summed E-state index contributed by atoms with van der Waals surface area (Å²) < 4.78 is 14.6. The molecule has 1 aromatic carbocycles. The molecule has 0 radical (unpaired) electrons. The van der Waals surface area contributed by atoms with E-state index in [4.69, 9.17) is 11.6 Å². The standard InChI is InChI=1S/C15H12ClFN4O2/c1-7-5-9(12-13(18-7)21(2)20-15(12)23)14(22)19-8-3-4-11(17)10(16)6-8/h3-6H,1-2H3,(H,19,22)(H,20,23). The molecule has 0 unspecified atom stereocenters. The van der Waals surface area contributed by atoms with Gasteiger partial charge >= 0.3 is 0 Å². The predicted molar refractivity (Wildman–Crippen MR) is 85.4 cm³/mol. The Morgan fingerprint density at radius 1 is 1.39 bits per heavy atom. The summed E-state index contributed by atoms with van der Waals surface area (Å²) in [6, 6.07) is 5.37. The van der Waals surface area contributed by atoms with Gasteiger partial charge in [-0.05, 0) is 31.2 Å². The van der Waals surface area contributed by atoms with E-state index >= 15 is 0 Å². The Morgan fingerprint density at radius 3 is 2.83 bits per heavy atom. The van der Waals surface area contributed by atoms with Gasteiger partial charge in [0.2, 0.25) is 0 Å². The molecule has 0 aliphatic rings. The largest absolute Gasteiger partial charge is 0.322 e. The van der Waals surface area contributed by atoms with Gasteiger partial charge in [-0.2, -0.15) is 0 Å². The normalized spacial score (nSPS) is 11.0. The lowest BCUT2D eigenvalue weighted by Crippen LogP contribution is -2.15. The molecule has 0 spiro atoms. The van der Waals surface area contributed by atoms with E-state index in [0.717, 1.165) is 6.07 Å². The Balaban J connectivity index is 2.07.